The Balaban J connectivity index is 1.66. The van der Waals surface area contributed by atoms with E-state index in [0.717, 1.165) is 28.8 Å². The molecule has 2 N–H and O–H groups in total. The lowest BCUT2D eigenvalue weighted by Gasteiger charge is -2.33. The molecule has 4 rings (SSSR count). The summed E-state index contributed by atoms with van der Waals surface area (Å²) in [6.45, 7) is 1.28. The molecule has 1 aliphatic carbocycles. The maximum Gasteiger partial charge on any atom is 0.325 e. The predicted molar refractivity (Wildman–Crippen MR) is 121 cm³/mol. The third-order valence-corrected chi connectivity index (χ3v) is 6.49. The molecule has 0 saturated heterocycles. The topological polar surface area (TPSA) is 113 Å². The van der Waals surface area contributed by atoms with Gasteiger partial charge in [0.15, 0.2) is 5.78 Å². The van der Waals surface area contributed by atoms with E-state index in [1.807, 2.05) is 30.3 Å². The molecular formula is C23H23N3O5S. The first-order chi connectivity index (χ1) is 15.3. The molecule has 1 heterocycles. The van der Waals surface area contributed by atoms with Gasteiger partial charge in [-0.1, -0.05) is 30.3 Å². The molecule has 0 fully saturated rings. The first kappa shape index (κ1) is 21.9. The summed E-state index contributed by atoms with van der Waals surface area (Å²) in [7, 11) is 0. The zero-order valence-corrected chi connectivity index (χ0v) is 18.3. The van der Waals surface area contributed by atoms with Crippen molar-refractivity contribution in [1.29, 1.82) is 0 Å². The summed E-state index contributed by atoms with van der Waals surface area (Å²) in [5, 5.41) is 13.3. The van der Waals surface area contributed by atoms with Crippen molar-refractivity contribution in [1.82, 2.24) is 9.78 Å². The number of hydrogen-bond acceptors (Lipinski definition) is 4. The van der Waals surface area contributed by atoms with Crippen molar-refractivity contribution in [2.75, 3.05) is 4.31 Å². The highest BCUT2D eigenvalue weighted by Gasteiger charge is 2.32. The molecule has 0 aliphatic heterocycles. The molecule has 2 aromatic carbocycles. The van der Waals surface area contributed by atoms with Gasteiger partial charge < -0.3 is 5.11 Å². The Labute approximate surface area is 187 Å². The van der Waals surface area contributed by atoms with Gasteiger partial charge in [-0.05, 0) is 55.5 Å². The largest absolute Gasteiger partial charge is 0.480 e. The van der Waals surface area contributed by atoms with Crippen molar-refractivity contribution in [3.8, 4) is 11.1 Å². The van der Waals surface area contributed by atoms with Gasteiger partial charge in [0.05, 0.1) is 17.9 Å². The highest BCUT2D eigenvalue weighted by Crippen LogP contribution is 2.38. The smallest absolute Gasteiger partial charge is 0.325 e. The first-order valence-electron chi connectivity index (χ1n) is 10.2. The first-order valence-corrected chi connectivity index (χ1v) is 11.3. The fourth-order valence-corrected chi connectivity index (χ4v) is 4.94. The van der Waals surface area contributed by atoms with Crippen LogP contribution in [0.5, 0.6) is 0 Å². The molecule has 2 atom stereocenters. The Morgan fingerprint density at radius 2 is 1.94 bits per heavy atom. The standard InChI is InChI=1S/C23H23N3O5S/c1-15(27)17-4-2-5-18(12-17)16-8-10-19(11-9-16)26(32(30)31)22-7-3-6-21-20(22)13-24-25(21)14-23(28)29/h2,4-5,8-13,22H,3,6-7,14H2,1H3,(H,28,29)(H,30,31). The maximum absolute atomic E-state index is 12.3. The molecule has 0 radical (unpaired) electrons. The van der Waals surface area contributed by atoms with Crippen LogP contribution >= 0.6 is 0 Å². The van der Waals surface area contributed by atoms with Crippen molar-refractivity contribution < 1.29 is 23.5 Å². The second-order valence-corrected chi connectivity index (χ2v) is 8.60. The van der Waals surface area contributed by atoms with E-state index in [0.29, 0.717) is 24.1 Å². The zero-order chi connectivity index (χ0) is 22.8. The number of anilines is 1. The number of ketones is 1. The van der Waals surface area contributed by atoms with E-state index in [2.05, 4.69) is 5.10 Å². The number of benzene rings is 2. The monoisotopic (exact) mass is 453 g/mol. The SMILES string of the molecule is CC(=O)c1cccc(-c2ccc(N(C3CCCc4c3cnn4CC(=O)O)S(=O)O)cc2)c1. The van der Waals surface area contributed by atoms with Gasteiger partial charge in [-0.15, -0.1) is 0 Å². The van der Waals surface area contributed by atoms with Gasteiger partial charge in [-0.3, -0.25) is 23.1 Å². The van der Waals surface area contributed by atoms with Gasteiger partial charge in [-0.25, -0.2) is 4.21 Å². The summed E-state index contributed by atoms with van der Waals surface area (Å²) in [5.41, 5.74) is 4.53. The zero-order valence-electron chi connectivity index (χ0n) is 17.5. The van der Waals surface area contributed by atoms with Crippen LogP contribution in [-0.2, 0) is 29.0 Å². The summed E-state index contributed by atoms with van der Waals surface area (Å²) in [5.74, 6) is -0.994. The Bertz CT molecular complexity index is 1190. The van der Waals surface area contributed by atoms with Crippen LogP contribution in [0.15, 0.2) is 54.7 Å². The van der Waals surface area contributed by atoms with E-state index in [9.17, 15) is 18.4 Å². The number of rotatable bonds is 7. The Kier molecular flexibility index (Phi) is 6.20. The fourth-order valence-electron chi connectivity index (χ4n) is 4.20. The minimum Gasteiger partial charge on any atom is -0.480 e. The van der Waals surface area contributed by atoms with Crippen LogP contribution in [0.25, 0.3) is 11.1 Å². The van der Waals surface area contributed by atoms with Crippen LogP contribution in [0.1, 0.15) is 47.4 Å². The number of hydrogen-bond donors (Lipinski definition) is 2. The number of aliphatic carboxylic acids is 1. The molecule has 1 aliphatic rings. The van der Waals surface area contributed by atoms with Gasteiger partial charge in [0.1, 0.15) is 6.54 Å². The number of Topliss-reactive ketones (excluding diaryl/α,β-unsaturated/α-hetero) is 1. The van der Waals surface area contributed by atoms with Crippen molar-refractivity contribution >= 4 is 28.7 Å². The fraction of sp³-hybridized carbons (Fsp3) is 0.261. The van der Waals surface area contributed by atoms with Crippen LogP contribution in [-0.4, -0.2) is 35.4 Å². The lowest BCUT2D eigenvalue weighted by atomic mass is 9.92. The van der Waals surface area contributed by atoms with Gasteiger partial charge >= 0.3 is 5.97 Å². The number of carboxylic acid groups (broad SMARTS) is 1. The molecule has 0 amide bonds. The van der Waals surface area contributed by atoms with E-state index >= 15 is 0 Å². The number of nitrogens with zero attached hydrogens (tertiary/aromatic N) is 3. The minimum absolute atomic E-state index is 0.0122. The van der Waals surface area contributed by atoms with E-state index < -0.39 is 17.2 Å². The summed E-state index contributed by atoms with van der Waals surface area (Å²) in [6.07, 6.45) is 3.69. The molecule has 9 heteroatoms. The lowest BCUT2D eigenvalue weighted by molar-refractivity contribution is -0.137. The summed E-state index contributed by atoms with van der Waals surface area (Å²) < 4.78 is 25.3. The second-order valence-electron chi connectivity index (χ2n) is 7.75. The van der Waals surface area contributed by atoms with E-state index in [4.69, 9.17) is 5.11 Å². The number of aromatic nitrogens is 2. The van der Waals surface area contributed by atoms with E-state index in [1.54, 1.807) is 24.4 Å². The van der Waals surface area contributed by atoms with Crippen LogP contribution in [0, 0.1) is 0 Å². The normalized spacial score (nSPS) is 16.2. The molecule has 32 heavy (non-hydrogen) atoms. The highest BCUT2D eigenvalue weighted by molar-refractivity contribution is 7.80. The molecule has 166 valence electrons. The number of carbonyl (C=O) groups excluding carboxylic acids is 1. The average Bonchev–Trinajstić information content (AvgIpc) is 3.17. The van der Waals surface area contributed by atoms with E-state index in [1.165, 1.54) is 15.9 Å². The van der Waals surface area contributed by atoms with Gasteiger partial charge in [0, 0.05) is 16.8 Å². The summed E-state index contributed by atoms with van der Waals surface area (Å²) in [6, 6.07) is 14.2. The van der Waals surface area contributed by atoms with Crippen molar-refractivity contribution in [2.24, 2.45) is 0 Å². The number of fused-ring (bicyclic) bond motifs is 1. The van der Waals surface area contributed by atoms with E-state index in [-0.39, 0.29) is 18.4 Å². The third kappa shape index (κ3) is 4.35. The van der Waals surface area contributed by atoms with Crippen LogP contribution < -0.4 is 4.31 Å². The van der Waals surface area contributed by atoms with Crippen molar-refractivity contribution in [3.05, 3.63) is 71.5 Å². The molecule has 2 unspecified atom stereocenters. The molecule has 0 spiro atoms. The van der Waals surface area contributed by atoms with Gasteiger partial charge in [0.2, 0.25) is 0 Å². The van der Waals surface area contributed by atoms with Crippen molar-refractivity contribution in [2.45, 2.75) is 38.8 Å². The highest BCUT2D eigenvalue weighted by atomic mass is 32.2. The van der Waals surface area contributed by atoms with Gasteiger partial charge in [0.25, 0.3) is 11.3 Å². The van der Waals surface area contributed by atoms with Crippen LogP contribution in [0.3, 0.4) is 0 Å². The Morgan fingerprint density at radius 1 is 1.19 bits per heavy atom. The summed E-state index contributed by atoms with van der Waals surface area (Å²) >= 11 is -2.29. The predicted octanol–water partition coefficient (Wildman–Crippen LogP) is 3.86. The Hall–Kier alpha value is -3.30. The lowest BCUT2D eigenvalue weighted by Crippen LogP contribution is -2.33. The van der Waals surface area contributed by atoms with Crippen LogP contribution in [0.4, 0.5) is 5.69 Å². The second kappa shape index (κ2) is 9.05. The number of carbonyl (C=O) groups is 2. The third-order valence-electron chi connectivity index (χ3n) is 5.69. The van der Waals surface area contributed by atoms with Gasteiger partial charge in [-0.2, -0.15) is 5.10 Å². The average molecular weight is 454 g/mol. The molecular weight excluding hydrogens is 430 g/mol. The maximum atomic E-state index is 12.3. The minimum atomic E-state index is -2.29. The number of carboxylic acids is 1. The quantitative estimate of drug-likeness (QED) is 0.415. The van der Waals surface area contributed by atoms with Crippen LogP contribution in [0.2, 0.25) is 0 Å². The molecule has 1 aromatic heterocycles. The molecule has 0 saturated carbocycles. The molecule has 0 bridgehead atoms. The van der Waals surface area contributed by atoms with Crippen molar-refractivity contribution in [3.63, 3.8) is 0 Å². The Morgan fingerprint density at radius 3 is 2.59 bits per heavy atom. The summed E-state index contributed by atoms with van der Waals surface area (Å²) in [4.78, 5) is 22.8. The molecule has 8 nitrogen and oxygen atoms in total. The molecule has 3 aromatic rings.